The topological polar surface area (TPSA) is 47.7 Å². The predicted molar refractivity (Wildman–Crippen MR) is 61.0 cm³/mol. The summed E-state index contributed by atoms with van der Waals surface area (Å²) < 4.78 is 10.6. The van der Waals surface area contributed by atoms with Crippen LogP contribution in [-0.2, 0) is 9.47 Å². The maximum Gasteiger partial charge on any atom is 0.0594 e. The van der Waals surface area contributed by atoms with Crippen molar-refractivity contribution in [2.75, 3.05) is 46.1 Å². The van der Waals surface area contributed by atoms with Crippen LogP contribution in [0.15, 0.2) is 0 Å². The highest BCUT2D eigenvalue weighted by atomic mass is 16.5. The zero-order valence-corrected chi connectivity index (χ0v) is 9.78. The second kappa shape index (κ2) is 8.05. The number of morpholine rings is 1. The zero-order valence-electron chi connectivity index (χ0n) is 9.78. The third-order valence-corrected chi connectivity index (χ3v) is 2.76. The van der Waals surface area contributed by atoms with Crippen molar-refractivity contribution in [1.29, 1.82) is 0 Å². The van der Waals surface area contributed by atoms with E-state index in [9.17, 15) is 0 Å². The molecule has 1 aliphatic heterocycles. The molecule has 0 amide bonds. The van der Waals surface area contributed by atoms with E-state index in [1.165, 1.54) is 0 Å². The van der Waals surface area contributed by atoms with Crippen LogP contribution in [0.3, 0.4) is 0 Å². The second-order valence-corrected chi connectivity index (χ2v) is 3.99. The lowest BCUT2D eigenvalue weighted by atomic mass is 10.1. The Morgan fingerprint density at radius 3 is 2.73 bits per heavy atom. The van der Waals surface area contributed by atoms with E-state index in [1.54, 1.807) is 0 Å². The summed E-state index contributed by atoms with van der Waals surface area (Å²) in [6.07, 6.45) is 2.03. The van der Waals surface area contributed by atoms with E-state index in [0.29, 0.717) is 0 Å². The molecule has 1 aliphatic rings. The van der Waals surface area contributed by atoms with Gasteiger partial charge in [-0.05, 0) is 26.3 Å². The third kappa shape index (κ3) is 6.10. The molecule has 0 aromatic carbocycles. The van der Waals surface area contributed by atoms with E-state index in [0.717, 1.165) is 58.9 Å². The fourth-order valence-electron chi connectivity index (χ4n) is 1.70. The Bertz CT molecular complexity index is 150. The Morgan fingerprint density at radius 1 is 1.33 bits per heavy atom. The summed E-state index contributed by atoms with van der Waals surface area (Å²) in [5, 5.41) is 0. The standard InChI is InChI=1S/C11H24N2O2/c1-2-14-8-4-11(12)3-5-13-6-9-15-10-7-13/h11H,2-10,12H2,1H3. The monoisotopic (exact) mass is 216 g/mol. The van der Waals surface area contributed by atoms with Crippen LogP contribution in [0.25, 0.3) is 0 Å². The lowest BCUT2D eigenvalue weighted by Crippen LogP contribution is -2.39. The molecule has 1 rings (SSSR count). The molecule has 1 saturated heterocycles. The van der Waals surface area contributed by atoms with Crippen molar-refractivity contribution in [3.8, 4) is 0 Å². The lowest BCUT2D eigenvalue weighted by Gasteiger charge is -2.27. The van der Waals surface area contributed by atoms with Gasteiger partial charge in [0.2, 0.25) is 0 Å². The van der Waals surface area contributed by atoms with Crippen LogP contribution in [0.5, 0.6) is 0 Å². The Balaban J connectivity index is 1.97. The van der Waals surface area contributed by atoms with Gasteiger partial charge in [0.1, 0.15) is 0 Å². The van der Waals surface area contributed by atoms with Crippen molar-refractivity contribution in [3.63, 3.8) is 0 Å². The van der Waals surface area contributed by atoms with Gasteiger partial charge in [0.15, 0.2) is 0 Å². The van der Waals surface area contributed by atoms with Crippen molar-refractivity contribution in [2.24, 2.45) is 5.73 Å². The Kier molecular flexibility index (Phi) is 6.92. The molecule has 4 heteroatoms. The van der Waals surface area contributed by atoms with Crippen LogP contribution in [0.1, 0.15) is 19.8 Å². The molecule has 0 aromatic rings. The molecule has 1 heterocycles. The Morgan fingerprint density at radius 2 is 2.07 bits per heavy atom. The van der Waals surface area contributed by atoms with Gasteiger partial charge in [-0.25, -0.2) is 0 Å². The second-order valence-electron chi connectivity index (χ2n) is 3.99. The van der Waals surface area contributed by atoms with Crippen molar-refractivity contribution in [1.82, 2.24) is 4.90 Å². The molecule has 1 fully saturated rings. The summed E-state index contributed by atoms with van der Waals surface area (Å²) in [6, 6.07) is 0.277. The number of rotatable bonds is 7. The number of hydrogen-bond donors (Lipinski definition) is 1. The Labute approximate surface area is 92.7 Å². The molecule has 15 heavy (non-hydrogen) atoms. The smallest absolute Gasteiger partial charge is 0.0594 e. The molecule has 0 spiro atoms. The molecule has 1 atom stereocenters. The Hall–Kier alpha value is -0.160. The average molecular weight is 216 g/mol. The van der Waals surface area contributed by atoms with E-state index in [-0.39, 0.29) is 6.04 Å². The summed E-state index contributed by atoms with van der Waals surface area (Å²) in [5.74, 6) is 0. The first-order valence-corrected chi connectivity index (χ1v) is 5.96. The largest absolute Gasteiger partial charge is 0.382 e. The number of nitrogens with two attached hydrogens (primary N) is 1. The highest BCUT2D eigenvalue weighted by Gasteiger charge is 2.11. The average Bonchev–Trinajstić information content (AvgIpc) is 2.28. The van der Waals surface area contributed by atoms with Gasteiger partial charge < -0.3 is 15.2 Å². The van der Waals surface area contributed by atoms with E-state index in [4.69, 9.17) is 15.2 Å². The van der Waals surface area contributed by atoms with Crippen molar-refractivity contribution in [3.05, 3.63) is 0 Å². The van der Waals surface area contributed by atoms with Gasteiger partial charge in [0.25, 0.3) is 0 Å². The van der Waals surface area contributed by atoms with Gasteiger partial charge >= 0.3 is 0 Å². The minimum atomic E-state index is 0.277. The number of hydrogen-bond acceptors (Lipinski definition) is 4. The van der Waals surface area contributed by atoms with Gasteiger partial charge in [-0.15, -0.1) is 0 Å². The van der Waals surface area contributed by atoms with Crippen LogP contribution in [0.4, 0.5) is 0 Å². The first kappa shape index (κ1) is 12.9. The highest BCUT2D eigenvalue weighted by molar-refractivity contribution is 4.67. The van der Waals surface area contributed by atoms with Gasteiger partial charge in [-0.3, -0.25) is 4.90 Å². The van der Waals surface area contributed by atoms with Gasteiger partial charge in [0, 0.05) is 32.3 Å². The van der Waals surface area contributed by atoms with Gasteiger partial charge in [0.05, 0.1) is 13.2 Å². The molecular formula is C11H24N2O2. The molecule has 0 bridgehead atoms. The zero-order chi connectivity index (χ0) is 10.9. The molecule has 2 N–H and O–H groups in total. The van der Waals surface area contributed by atoms with E-state index < -0.39 is 0 Å². The predicted octanol–water partition coefficient (Wildman–Crippen LogP) is 0.463. The summed E-state index contributed by atoms with van der Waals surface area (Å²) in [4.78, 5) is 2.42. The van der Waals surface area contributed by atoms with Crippen molar-refractivity contribution in [2.45, 2.75) is 25.8 Å². The van der Waals surface area contributed by atoms with E-state index in [2.05, 4.69) is 4.90 Å². The lowest BCUT2D eigenvalue weighted by molar-refractivity contribution is 0.0360. The van der Waals surface area contributed by atoms with Crippen LogP contribution in [0.2, 0.25) is 0 Å². The minimum Gasteiger partial charge on any atom is -0.382 e. The molecule has 90 valence electrons. The summed E-state index contributed by atoms with van der Waals surface area (Å²) in [5.41, 5.74) is 5.99. The van der Waals surface area contributed by atoms with Crippen LogP contribution in [-0.4, -0.2) is 57.0 Å². The minimum absolute atomic E-state index is 0.277. The first-order chi connectivity index (χ1) is 7.33. The fraction of sp³-hybridized carbons (Fsp3) is 1.00. The first-order valence-electron chi connectivity index (χ1n) is 5.96. The van der Waals surface area contributed by atoms with Crippen LogP contribution in [0, 0.1) is 0 Å². The number of nitrogens with zero attached hydrogens (tertiary/aromatic N) is 1. The maximum absolute atomic E-state index is 5.99. The molecular weight excluding hydrogens is 192 g/mol. The molecule has 0 radical (unpaired) electrons. The van der Waals surface area contributed by atoms with Crippen LogP contribution >= 0.6 is 0 Å². The summed E-state index contributed by atoms with van der Waals surface area (Å²) in [7, 11) is 0. The van der Waals surface area contributed by atoms with Gasteiger partial charge in [-0.2, -0.15) is 0 Å². The normalized spacial score (nSPS) is 20.4. The molecule has 0 aromatic heterocycles. The molecule has 0 saturated carbocycles. The van der Waals surface area contributed by atoms with Gasteiger partial charge in [-0.1, -0.05) is 0 Å². The third-order valence-electron chi connectivity index (χ3n) is 2.76. The summed E-state index contributed by atoms with van der Waals surface area (Å²) in [6.45, 7) is 8.53. The molecule has 0 aliphatic carbocycles. The highest BCUT2D eigenvalue weighted by Crippen LogP contribution is 2.01. The van der Waals surface area contributed by atoms with Crippen molar-refractivity contribution >= 4 is 0 Å². The van der Waals surface area contributed by atoms with E-state index >= 15 is 0 Å². The van der Waals surface area contributed by atoms with E-state index in [1.807, 2.05) is 6.92 Å². The molecule has 1 unspecified atom stereocenters. The van der Waals surface area contributed by atoms with Crippen LogP contribution < -0.4 is 5.73 Å². The number of ether oxygens (including phenoxy) is 2. The SMILES string of the molecule is CCOCCC(N)CCN1CCOCC1. The van der Waals surface area contributed by atoms with Crippen molar-refractivity contribution < 1.29 is 9.47 Å². The fourth-order valence-corrected chi connectivity index (χ4v) is 1.70. The maximum atomic E-state index is 5.99. The molecule has 4 nitrogen and oxygen atoms in total. The summed E-state index contributed by atoms with van der Waals surface area (Å²) >= 11 is 0. The quantitative estimate of drug-likeness (QED) is 0.628.